The van der Waals surface area contributed by atoms with Crippen LogP contribution in [-0.2, 0) is 0 Å². The minimum atomic E-state index is -0.127. The Morgan fingerprint density at radius 3 is 2.53 bits per heavy atom. The van der Waals surface area contributed by atoms with E-state index in [1.54, 1.807) is 17.0 Å². The topological polar surface area (TPSA) is 56.7 Å². The number of carbonyl (C=O) groups excluding carboxylic acids is 1. The van der Waals surface area contributed by atoms with Crippen molar-refractivity contribution in [3.05, 3.63) is 28.0 Å². The van der Waals surface area contributed by atoms with Crippen molar-refractivity contribution in [2.75, 3.05) is 39.3 Å². The summed E-state index contributed by atoms with van der Waals surface area (Å²) in [7, 11) is 0. The van der Waals surface area contributed by atoms with Crippen LogP contribution < -0.4 is 0 Å². The van der Waals surface area contributed by atoms with Crippen molar-refractivity contribution in [1.29, 1.82) is 0 Å². The Morgan fingerprint density at radius 2 is 1.95 bits per heavy atom. The van der Waals surface area contributed by atoms with Crippen LogP contribution in [0.15, 0.2) is 12.1 Å². The molecule has 1 N–H and O–H groups in total. The fourth-order valence-electron chi connectivity index (χ4n) is 2.06. The number of piperazine rings is 1. The van der Waals surface area contributed by atoms with Gasteiger partial charge in [0.15, 0.2) is 0 Å². The van der Waals surface area contributed by atoms with E-state index in [-0.39, 0.29) is 22.8 Å². The molecule has 1 aromatic heterocycles. The van der Waals surface area contributed by atoms with Crippen LogP contribution in [0.25, 0.3) is 0 Å². The first kappa shape index (κ1) is 14.5. The SMILES string of the molecule is O=C(c1ccc(Cl)nc1Cl)N1CCN(CCO)CC1. The van der Waals surface area contributed by atoms with E-state index in [0.29, 0.717) is 25.2 Å². The van der Waals surface area contributed by atoms with Gasteiger partial charge in [0.05, 0.1) is 12.2 Å². The highest BCUT2D eigenvalue weighted by Gasteiger charge is 2.23. The van der Waals surface area contributed by atoms with E-state index in [9.17, 15) is 4.79 Å². The van der Waals surface area contributed by atoms with E-state index < -0.39 is 0 Å². The van der Waals surface area contributed by atoms with Crippen LogP contribution in [-0.4, -0.2) is 65.1 Å². The Kier molecular flexibility index (Phi) is 4.99. The van der Waals surface area contributed by atoms with Gasteiger partial charge >= 0.3 is 0 Å². The van der Waals surface area contributed by atoms with Gasteiger partial charge in [0.25, 0.3) is 5.91 Å². The number of hydrogen-bond acceptors (Lipinski definition) is 4. The molecule has 1 aromatic rings. The number of aromatic nitrogens is 1. The summed E-state index contributed by atoms with van der Waals surface area (Å²) >= 11 is 11.6. The third-order valence-electron chi connectivity index (χ3n) is 3.12. The van der Waals surface area contributed by atoms with Gasteiger partial charge < -0.3 is 10.0 Å². The molecule has 0 atom stereocenters. The monoisotopic (exact) mass is 303 g/mol. The molecule has 5 nitrogen and oxygen atoms in total. The van der Waals surface area contributed by atoms with Gasteiger partial charge in [0.1, 0.15) is 10.3 Å². The molecule has 0 bridgehead atoms. The molecule has 0 unspecified atom stereocenters. The summed E-state index contributed by atoms with van der Waals surface area (Å²) in [6.45, 7) is 3.54. The lowest BCUT2D eigenvalue weighted by atomic mass is 10.2. The quantitative estimate of drug-likeness (QED) is 0.851. The highest BCUT2D eigenvalue weighted by Crippen LogP contribution is 2.19. The van der Waals surface area contributed by atoms with Crippen molar-refractivity contribution in [3.8, 4) is 0 Å². The van der Waals surface area contributed by atoms with E-state index >= 15 is 0 Å². The Balaban J connectivity index is 2.01. The van der Waals surface area contributed by atoms with E-state index in [2.05, 4.69) is 9.88 Å². The summed E-state index contributed by atoms with van der Waals surface area (Å²) in [5, 5.41) is 9.28. The molecule has 1 fully saturated rings. The number of carbonyl (C=O) groups is 1. The van der Waals surface area contributed by atoms with Crippen molar-refractivity contribution < 1.29 is 9.90 Å². The van der Waals surface area contributed by atoms with E-state index in [4.69, 9.17) is 28.3 Å². The number of nitrogens with zero attached hydrogens (tertiary/aromatic N) is 3. The molecule has 0 spiro atoms. The molecular formula is C12H15Cl2N3O2. The predicted molar refractivity (Wildman–Crippen MR) is 73.7 cm³/mol. The molecule has 104 valence electrons. The fourth-order valence-corrected chi connectivity index (χ4v) is 2.48. The van der Waals surface area contributed by atoms with Crippen LogP contribution in [0.3, 0.4) is 0 Å². The minimum Gasteiger partial charge on any atom is -0.395 e. The van der Waals surface area contributed by atoms with Crippen LogP contribution in [0.5, 0.6) is 0 Å². The molecule has 1 saturated heterocycles. The van der Waals surface area contributed by atoms with Crippen molar-refractivity contribution in [2.45, 2.75) is 0 Å². The maximum Gasteiger partial charge on any atom is 0.257 e. The number of halogens is 2. The van der Waals surface area contributed by atoms with Crippen molar-refractivity contribution >= 4 is 29.1 Å². The highest BCUT2D eigenvalue weighted by molar-refractivity contribution is 6.34. The largest absolute Gasteiger partial charge is 0.395 e. The third-order valence-corrected chi connectivity index (χ3v) is 3.62. The highest BCUT2D eigenvalue weighted by atomic mass is 35.5. The zero-order valence-electron chi connectivity index (χ0n) is 10.4. The van der Waals surface area contributed by atoms with Gasteiger partial charge in [-0.25, -0.2) is 4.98 Å². The number of amides is 1. The summed E-state index contributed by atoms with van der Waals surface area (Å²) in [6.07, 6.45) is 0. The number of β-amino-alcohol motifs (C(OH)–C–C–N with tert-alkyl or cyclic N) is 1. The first-order valence-corrected chi connectivity index (χ1v) is 6.82. The summed E-state index contributed by atoms with van der Waals surface area (Å²) in [5.74, 6) is -0.127. The zero-order chi connectivity index (χ0) is 13.8. The Bertz CT molecular complexity index is 462. The fraction of sp³-hybridized carbons (Fsp3) is 0.500. The second kappa shape index (κ2) is 6.52. The van der Waals surface area contributed by atoms with Crippen LogP contribution in [0, 0.1) is 0 Å². The Hall–Kier alpha value is -0.880. The molecule has 0 saturated carbocycles. The average Bonchev–Trinajstić information content (AvgIpc) is 2.39. The second-order valence-electron chi connectivity index (χ2n) is 4.33. The summed E-state index contributed by atoms with van der Waals surface area (Å²) in [5.41, 5.74) is 0.377. The number of rotatable bonds is 3. The molecule has 2 heterocycles. The predicted octanol–water partition coefficient (Wildman–Crippen LogP) is 1.14. The van der Waals surface area contributed by atoms with Crippen LogP contribution in [0.4, 0.5) is 0 Å². The smallest absolute Gasteiger partial charge is 0.257 e. The summed E-state index contributed by atoms with van der Waals surface area (Å²) in [6, 6.07) is 3.16. The Morgan fingerprint density at radius 1 is 1.26 bits per heavy atom. The molecule has 1 aliphatic rings. The lowest BCUT2D eigenvalue weighted by Gasteiger charge is -2.34. The van der Waals surface area contributed by atoms with E-state index in [1.807, 2.05) is 0 Å². The molecule has 0 aliphatic carbocycles. The van der Waals surface area contributed by atoms with Crippen molar-refractivity contribution in [1.82, 2.24) is 14.8 Å². The average molecular weight is 304 g/mol. The van der Waals surface area contributed by atoms with Gasteiger partial charge in [0.2, 0.25) is 0 Å². The van der Waals surface area contributed by atoms with Gasteiger partial charge in [-0.15, -0.1) is 0 Å². The molecule has 19 heavy (non-hydrogen) atoms. The molecule has 0 radical (unpaired) electrons. The van der Waals surface area contributed by atoms with E-state index in [0.717, 1.165) is 13.1 Å². The first-order chi connectivity index (χ1) is 9.11. The zero-order valence-corrected chi connectivity index (χ0v) is 11.9. The van der Waals surface area contributed by atoms with Crippen molar-refractivity contribution in [3.63, 3.8) is 0 Å². The lowest BCUT2D eigenvalue weighted by molar-refractivity contribution is 0.0615. The molecule has 2 rings (SSSR count). The van der Waals surface area contributed by atoms with Crippen LogP contribution in [0.2, 0.25) is 10.3 Å². The number of pyridine rings is 1. The maximum atomic E-state index is 12.3. The van der Waals surface area contributed by atoms with Gasteiger partial charge in [-0.05, 0) is 12.1 Å². The van der Waals surface area contributed by atoms with Crippen molar-refractivity contribution in [2.24, 2.45) is 0 Å². The maximum absolute atomic E-state index is 12.3. The molecule has 0 aromatic carbocycles. The molecule has 7 heteroatoms. The number of hydrogen-bond donors (Lipinski definition) is 1. The molecule has 1 amide bonds. The number of aliphatic hydroxyl groups is 1. The second-order valence-corrected chi connectivity index (χ2v) is 5.08. The van der Waals surface area contributed by atoms with Crippen LogP contribution in [0.1, 0.15) is 10.4 Å². The van der Waals surface area contributed by atoms with Crippen LogP contribution >= 0.6 is 23.2 Å². The minimum absolute atomic E-state index is 0.127. The first-order valence-electron chi connectivity index (χ1n) is 6.06. The standard InChI is InChI=1S/C12H15Cl2N3O2/c13-10-2-1-9(11(14)15-10)12(19)17-5-3-16(4-6-17)7-8-18/h1-2,18H,3-8H2. The van der Waals surface area contributed by atoms with E-state index in [1.165, 1.54) is 0 Å². The van der Waals surface area contributed by atoms with Gasteiger partial charge in [0, 0.05) is 32.7 Å². The van der Waals surface area contributed by atoms with Gasteiger partial charge in [-0.1, -0.05) is 23.2 Å². The molecular weight excluding hydrogens is 289 g/mol. The lowest BCUT2D eigenvalue weighted by Crippen LogP contribution is -2.49. The molecule has 1 aliphatic heterocycles. The normalized spacial score (nSPS) is 16.7. The summed E-state index contributed by atoms with van der Waals surface area (Å²) in [4.78, 5) is 20.0. The third kappa shape index (κ3) is 3.57. The number of aliphatic hydroxyl groups excluding tert-OH is 1. The van der Waals surface area contributed by atoms with Gasteiger partial charge in [-0.2, -0.15) is 0 Å². The Labute approximate surface area is 121 Å². The summed E-state index contributed by atoms with van der Waals surface area (Å²) < 4.78 is 0. The van der Waals surface area contributed by atoms with Gasteiger partial charge in [-0.3, -0.25) is 9.69 Å².